The second-order valence-electron chi connectivity index (χ2n) is 4.35. The van der Waals surface area contributed by atoms with Gasteiger partial charge in [-0.3, -0.25) is 9.69 Å². The number of nitrogens with zero attached hydrogens (tertiary/aromatic N) is 1. The van der Waals surface area contributed by atoms with Gasteiger partial charge in [-0.05, 0) is 24.6 Å². The quantitative estimate of drug-likeness (QED) is 0.932. The van der Waals surface area contributed by atoms with Crippen molar-refractivity contribution in [2.24, 2.45) is 0 Å². The molecular weight excluding hydrogens is 287 g/mol. The standard InChI is InChI=1S/C13H17ClN2O2.ClH/c1-10-11(14)3-2-4-12(10)15-13(17)9-16-5-7-18-8-6-16;/h2-4H,5-9H2,1H3,(H,15,17);1H. The van der Waals surface area contributed by atoms with Crippen LogP contribution in [0, 0.1) is 6.92 Å². The zero-order valence-electron chi connectivity index (χ0n) is 10.8. The summed E-state index contributed by atoms with van der Waals surface area (Å²) in [6.07, 6.45) is 0. The molecule has 1 fully saturated rings. The topological polar surface area (TPSA) is 41.6 Å². The molecule has 1 aromatic carbocycles. The Balaban J connectivity index is 0.00000180. The van der Waals surface area contributed by atoms with Crippen LogP contribution in [0.25, 0.3) is 0 Å². The maximum Gasteiger partial charge on any atom is 0.238 e. The molecule has 6 heteroatoms. The number of morpholine rings is 1. The van der Waals surface area contributed by atoms with Gasteiger partial charge in [0.15, 0.2) is 0 Å². The van der Waals surface area contributed by atoms with Gasteiger partial charge in [-0.25, -0.2) is 0 Å². The monoisotopic (exact) mass is 304 g/mol. The minimum absolute atomic E-state index is 0. The molecule has 0 atom stereocenters. The van der Waals surface area contributed by atoms with Crippen LogP contribution in [0.5, 0.6) is 0 Å². The van der Waals surface area contributed by atoms with Gasteiger partial charge in [0.05, 0.1) is 19.8 Å². The van der Waals surface area contributed by atoms with E-state index in [0.29, 0.717) is 24.8 Å². The Morgan fingerprint density at radius 2 is 2.11 bits per heavy atom. The predicted octanol–water partition coefficient (Wildman–Crippen LogP) is 2.34. The van der Waals surface area contributed by atoms with Crippen LogP contribution in [0.1, 0.15) is 5.56 Å². The van der Waals surface area contributed by atoms with Gasteiger partial charge in [0.1, 0.15) is 0 Å². The number of ether oxygens (including phenoxy) is 1. The van der Waals surface area contributed by atoms with Crippen LogP contribution in [0.2, 0.25) is 5.02 Å². The lowest BCUT2D eigenvalue weighted by Crippen LogP contribution is -2.41. The lowest BCUT2D eigenvalue weighted by molar-refractivity contribution is -0.118. The molecule has 0 unspecified atom stereocenters. The molecule has 0 saturated carbocycles. The highest BCUT2D eigenvalue weighted by atomic mass is 35.5. The summed E-state index contributed by atoms with van der Waals surface area (Å²) in [5.41, 5.74) is 1.68. The number of carbonyl (C=O) groups excluding carboxylic acids is 1. The first-order chi connectivity index (χ1) is 8.66. The van der Waals surface area contributed by atoms with E-state index in [-0.39, 0.29) is 18.3 Å². The van der Waals surface area contributed by atoms with Gasteiger partial charge in [-0.15, -0.1) is 12.4 Å². The minimum atomic E-state index is -0.0118. The summed E-state index contributed by atoms with van der Waals surface area (Å²) in [4.78, 5) is 14.0. The van der Waals surface area contributed by atoms with E-state index in [4.69, 9.17) is 16.3 Å². The van der Waals surface area contributed by atoms with Gasteiger partial charge < -0.3 is 10.1 Å². The van der Waals surface area contributed by atoms with Crippen LogP contribution in [-0.2, 0) is 9.53 Å². The summed E-state index contributed by atoms with van der Waals surface area (Å²) < 4.78 is 5.24. The van der Waals surface area contributed by atoms with Gasteiger partial charge in [0, 0.05) is 23.8 Å². The summed E-state index contributed by atoms with van der Waals surface area (Å²) in [6.45, 7) is 5.30. The van der Waals surface area contributed by atoms with Crippen LogP contribution in [0.4, 0.5) is 5.69 Å². The number of hydrogen-bond acceptors (Lipinski definition) is 3. The highest BCUT2D eigenvalue weighted by molar-refractivity contribution is 6.31. The van der Waals surface area contributed by atoms with Gasteiger partial charge in [0.25, 0.3) is 0 Å². The van der Waals surface area contributed by atoms with Crippen molar-refractivity contribution in [2.45, 2.75) is 6.92 Å². The first kappa shape index (κ1) is 16.2. The zero-order valence-corrected chi connectivity index (χ0v) is 12.4. The van der Waals surface area contributed by atoms with Crippen molar-refractivity contribution in [3.05, 3.63) is 28.8 Å². The van der Waals surface area contributed by atoms with Crippen molar-refractivity contribution < 1.29 is 9.53 Å². The summed E-state index contributed by atoms with van der Waals surface area (Å²) in [6, 6.07) is 5.51. The Bertz CT molecular complexity index is 435. The fraction of sp³-hybridized carbons (Fsp3) is 0.462. The SMILES string of the molecule is Cc1c(Cl)cccc1NC(=O)CN1CCOCC1.Cl. The van der Waals surface area contributed by atoms with Crippen LogP contribution in [-0.4, -0.2) is 43.7 Å². The van der Waals surface area contributed by atoms with Gasteiger partial charge in [0.2, 0.25) is 5.91 Å². The third kappa shape index (κ3) is 4.66. The Labute approximate surface area is 124 Å². The average molecular weight is 305 g/mol. The first-order valence-electron chi connectivity index (χ1n) is 6.02. The number of carbonyl (C=O) groups is 1. The van der Waals surface area contributed by atoms with Crippen molar-refractivity contribution in [1.82, 2.24) is 4.90 Å². The molecule has 0 bridgehead atoms. The average Bonchev–Trinajstić information content (AvgIpc) is 2.36. The molecule has 4 nitrogen and oxygen atoms in total. The number of hydrogen-bond donors (Lipinski definition) is 1. The molecule has 1 aromatic rings. The van der Waals surface area contributed by atoms with E-state index in [9.17, 15) is 4.79 Å². The van der Waals surface area contributed by atoms with E-state index in [1.807, 2.05) is 25.1 Å². The molecule has 1 N–H and O–H groups in total. The third-order valence-electron chi connectivity index (χ3n) is 3.01. The summed E-state index contributed by atoms with van der Waals surface area (Å²) >= 11 is 6.01. The number of benzene rings is 1. The van der Waals surface area contributed by atoms with Crippen molar-refractivity contribution in [3.63, 3.8) is 0 Å². The summed E-state index contributed by atoms with van der Waals surface area (Å²) in [7, 11) is 0. The van der Waals surface area contributed by atoms with Crippen LogP contribution in [0.15, 0.2) is 18.2 Å². The Kier molecular flexibility index (Phi) is 6.58. The largest absolute Gasteiger partial charge is 0.379 e. The van der Waals surface area contributed by atoms with Crippen LogP contribution < -0.4 is 5.32 Å². The highest BCUT2D eigenvalue weighted by Gasteiger charge is 2.14. The van der Waals surface area contributed by atoms with Gasteiger partial charge in [-0.1, -0.05) is 17.7 Å². The number of nitrogens with one attached hydrogen (secondary N) is 1. The smallest absolute Gasteiger partial charge is 0.238 e. The van der Waals surface area contributed by atoms with Crippen molar-refractivity contribution in [1.29, 1.82) is 0 Å². The van der Waals surface area contributed by atoms with E-state index in [1.54, 1.807) is 0 Å². The van der Waals surface area contributed by atoms with E-state index in [0.717, 1.165) is 24.3 Å². The maximum atomic E-state index is 11.9. The summed E-state index contributed by atoms with van der Waals surface area (Å²) in [5, 5.41) is 3.56. The lowest BCUT2D eigenvalue weighted by atomic mass is 10.2. The molecule has 1 amide bonds. The number of halogens is 2. The minimum Gasteiger partial charge on any atom is -0.379 e. The molecule has 1 heterocycles. The molecule has 0 spiro atoms. The maximum absolute atomic E-state index is 11.9. The van der Waals surface area contributed by atoms with E-state index in [1.165, 1.54) is 0 Å². The normalized spacial score (nSPS) is 15.7. The molecule has 0 radical (unpaired) electrons. The number of rotatable bonds is 3. The third-order valence-corrected chi connectivity index (χ3v) is 3.42. The molecule has 106 valence electrons. The van der Waals surface area contributed by atoms with E-state index < -0.39 is 0 Å². The Morgan fingerprint density at radius 1 is 1.42 bits per heavy atom. The Hall–Kier alpha value is -0.810. The van der Waals surface area contributed by atoms with Gasteiger partial charge in [-0.2, -0.15) is 0 Å². The van der Waals surface area contributed by atoms with Crippen molar-refractivity contribution in [2.75, 3.05) is 38.2 Å². The van der Waals surface area contributed by atoms with Crippen LogP contribution in [0.3, 0.4) is 0 Å². The number of anilines is 1. The fourth-order valence-corrected chi connectivity index (χ4v) is 2.07. The molecule has 1 aliphatic rings. The molecular formula is C13H18Cl2N2O2. The Morgan fingerprint density at radius 3 is 2.79 bits per heavy atom. The second kappa shape index (κ2) is 7.70. The molecule has 0 aromatic heterocycles. The second-order valence-corrected chi connectivity index (χ2v) is 4.76. The molecule has 1 saturated heterocycles. The molecule has 1 aliphatic heterocycles. The first-order valence-corrected chi connectivity index (χ1v) is 6.39. The van der Waals surface area contributed by atoms with E-state index in [2.05, 4.69) is 10.2 Å². The van der Waals surface area contributed by atoms with Gasteiger partial charge >= 0.3 is 0 Å². The van der Waals surface area contributed by atoms with Crippen molar-refractivity contribution >= 4 is 35.6 Å². The molecule has 0 aliphatic carbocycles. The fourth-order valence-electron chi connectivity index (χ4n) is 1.89. The molecule has 2 rings (SSSR count). The lowest BCUT2D eigenvalue weighted by Gasteiger charge is -2.25. The van der Waals surface area contributed by atoms with E-state index >= 15 is 0 Å². The van der Waals surface area contributed by atoms with Crippen molar-refractivity contribution in [3.8, 4) is 0 Å². The van der Waals surface area contributed by atoms with Crippen LogP contribution >= 0.6 is 24.0 Å². The summed E-state index contributed by atoms with van der Waals surface area (Å²) in [5.74, 6) is -0.0118. The number of amides is 1. The highest BCUT2D eigenvalue weighted by Crippen LogP contribution is 2.22. The predicted molar refractivity (Wildman–Crippen MR) is 79.3 cm³/mol. The molecule has 19 heavy (non-hydrogen) atoms. The zero-order chi connectivity index (χ0) is 13.0.